The molecule has 6 nitrogen and oxygen atoms in total. The van der Waals surface area contributed by atoms with Gasteiger partial charge in [0.25, 0.3) is 0 Å². The highest BCUT2D eigenvalue weighted by Gasteiger charge is 2.33. The Morgan fingerprint density at radius 1 is 1.13 bits per heavy atom. The van der Waals surface area contributed by atoms with Crippen LogP contribution >= 0.6 is 0 Å². The van der Waals surface area contributed by atoms with Gasteiger partial charge < -0.3 is 15.4 Å². The second-order valence-corrected chi connectivity index (χ2v) is 9.72. The molecular formula is C16H32N2O4S. The van der Waals surface area contributed by atoms with Gasteiger partial charge in [-0.1, -0.05) is 13.8 Å². The molecule has 0 aliphatic carbocycles. The zero-order valence-corrected chi connectivity index (χ0v) is 15.9. The van der Waals surface area contributed by atoms with E-state index in [4.69, 9.17) is 4.74 Å². The molecule has 0 aromatic heterocycles. The van der Waals surface area contributed by atoms with Crippen molar-refractivity contribution in [3.8, 4) is 0 Å². The highest BCUT2D eigenvalue weighted by atomic mass is 32.2. The van der Waals surface area contributed by atoms with E-state index < -0.39 is 21.5 Å². The molecule has 0 unspecified atom stereocenters. The SMILES string of the molecule is CCC(CC)(CNC(=O)OC(C)(C)C)NC1CCS(=O)(=O)CC1. The van der Waals surface area contributed by atoms with Gasteiger partial charge in [0.2, 0.25) is 0 Å². The lowest BCUT2D eigenvalue weighted by Gasteiger charge is -2.38. The molecule has 1 rings (SSSR count). The van der Waals surface area contributed by atoms with Gasteiger partial charge in [0, 0.05) is 18.1 Å². The maximum absolute atomic E-state index is 11.9. The summed E-state index contributed by atoms with van der Waals surface area (Å²) in [5.74, 6) is 0.487. The maximum atomic E-state index is 11.9. The number of nitrogens with one attached hydrogen (secondary N) is 2. The number of amides is 1. The Morgan fingerprint density at radius 2 is 1.65 bits per heavy atom. The lowest BCUT2D eigenvalue weighted by molar-refractivity contribution is 0.0504. The van der Waals surface area contributed by atoms with Gasteiger partial charge in [-0.05, 0) is 46.5 Å². The zero-order chi connectivity index (χ0) is 17.7. The monoisotopic (exact) mass is 348 g/mol. The molecule has 1 fully saturated rings. The molecule has 1 aliphatic heterocycles. The van der Waals surface area contributed by atoms with Crippen molar-refractivity contribution >= 4 is 15.9 Å². The van der Waals surface area contributed by atoms with Crippen molar-refractivity contribution in [1.29, 1.82) is 0 Å². The number of sulfone groups is 1. The molecule has 0 spiro atoms. The number of carbonyl (C=O) groups is 1. The molecule has 136 valence electrons. The van der Waals surface area contributed by atoms with Crippen LogP contribution in [-0.2, 0) is 14.6 Å². The van der Waals surface area contributed by atoms with E-state index in [9.17, 15) is 13.2 Å². The second-order valence-electron chi connectivity index (χ2n) is 7.41. The minimum absolute atomic E-state index is 0.180. The van der Waals surface area contributed by atoms with E-state index in [-0.39, 0.29) is 23.1 Å². The second kappa shape index (κ2) is 7.83. The van der Waals surface area contributed by atoms with Gasteiger partial charge in [0.15, 0.2) is 0 Å². The number of hydrogen-bond donors (Lipinski definition) is 2. The highest BCUT2D eigenvalue weighted by molar-refractivity contribution is 7.91. The Bertz CT molecular complexity index is 479. The van der Waals surface area contributed by atoms with Crippen LogP contribution in [0.4, 0.5) is 4.79 Å². The summed E-state index contributed by atoms with van der Waals surface area (Å²) >= 11 is 0. The van der Waals surface area contributed by atoms with Crippen LogP contribution in [0.2, 0.25) is 0 Å². The average molecular weight is 349 g/mol. The van der Waals surface area contributed by atoms with Crippen LogP contribution in [0.1, 0.15) is 60.3 Å². The van der Waals surface area contributed by atoms with Crippen LogP contribution in [0.3, 0.4) is 0 Å². The Morgan fingerprint density at radius 3 is 2.09 bits per heavy atom. The first-order valence-corrected chi connectivity index (χ1v) is 10.3. The van der Waals surface area contributed by atoms with Crippen LogP contribution in [-0.4, -0.2) is 49.7 Å². The number of hydrogen-bond acceptors (Lipinski definition) is 5. The van der Waals surface area contributed by atoms with Crippen LogP contribution in [0.25, 0.3) is 0 Å². The summed E-state index contributed by atoms with van der Waals surface area (Å²) in [5.41, 5.74) is -0.751. The molecule has 0 aromatic rings. The van der Waals surface area contributed by atoms with E-state index in [2.05, 4.69) is 24.5 Å². The van der Waals surface area contributed by atoms with Gasteiger partial charge in [-0.3, -0.25) is 0 Å². The van der Waals surface area contributed by atoms with Gasteiger partial charge in [-0.15, -0.1) is 0 Å². The fraction of sp³-hybridized carbons (Fsp3) is 0.938. The molecule has 7 heteroatoms. The topological polar surface area (TPSA) is 84.5 Å². The van der Waals surface area contributed by atoms with Gasteiger partial charge in [0.05, 0.1) is 11.5 Å². The molecule has 1 saturated heterocycles. The van der Waals surface area contributed by atoms with Gasteiger partial charge >= 0.3 is 6.09 Å². The smallest absolute Gasteiger partial charge is 0.407 e. The Balaban J connectivity index is 2.59. The lowest BCUT2D eigenvalue weighted by atomic mass is 9.90. The normalized spacial score (nSPS) is 19.3. The van der Waals surface area contributed by atoms with E-state index in [1.807, 2.05) is 20.8 Å². The summed E-state index contributed by atoms with van der Waals surface area (Å²) in [4.78, 5) is 11.9. The van der Waals surface area contributed by atoms with E-state index in [1.165, 1.54) is 0 Å². The minimum atomic E-state index is -2.86. The summed E-state index contributed by atoms with van der Waals surface area (Å²) in [5, 5.41) is 6.44. The third kappa shape index (κ3) is 7.08. The standard InChI is InChI=1S/C16H32N2O4S/c1-6-16(7-2,12-17-14(19)22-15(3,4)5)18-13-8-10-23(20,21)11-9-13/h13,18H,6-12H2,1-5H3,(H,17,19). The molecule has 2 N–H and O–H groups in total. The van der Waals surface area contributed by atoms with Crippen molar-refractivity contribution in [1.82, 2.24) is 10.6 Å². The molecule has 0 atom stereocenters. The van der Waals surface area contributed by atoms with Crippen LogP contribution in [0, 0.1) is 0 Å². The van der Waals surface area contributed by atoms with Gasteiger partial charge in [-0.25, -0.2) is 13.2 Å². The van der Waals surface area contributed by atoms with Crippen molar-refractivity contribution in [2.24, 2.45) is 0 Å². The molecule has 0 saturated carbocycles. The van der Waals surface area contributed by atoms with E-state index >= 15 is 0 Å². The van der Waals surface area contributed by atoms with Crippen molar-refractivity contribution in [2.75, 3.05) is 18.1 Å². The van der Waals surface area contributed by atoms with Crippen LogP contribution in [0.15, 0.2) is 0 Å². The summed E-state index contributed by atoms with van der Waals surface area (Å²) in [7, 11) is -2.86. The maximum Gasteiger partial charge on any atom is 0.407 e. The molecular weight excluding hydrogens is 316 g/mol. The van der Waals surface area contributed by atoms with Gasteiger partial charge in [0.1, 0.15) is 15.4 Å². The van der Waals surface area contributed by atoms with E-state index in [0.29, 0.717) is 19.4 Å². The summed E-state index contributed by atoms with van der Waals surface area (Å²) in [6, 6.07) is 0.180. The predicted molar refractivity (Wildman–Crippen MR) is 92.4 cm³/mol. The zero-order valence-electron chi connectivity index (χ0n) is 15.1. The Kier molecular flexibility index (Phi) is 6.89. The van der Waals surface area contributed by atoms with Crippen molar-refractivity contribution in [3.05, 3.63) is 0 Å². The number of carbonyl (C=O) groups excluding carboxylic acids is 1. The molecule has 1 aliphatic rings. The minimum Gasteiger partial charge on any atom is -0.444 e. The molecule has 0 radical (unpaired) electrons. The van der Waals surface area contributed by atoms with Crippen molar-refractivity contribution < 1.29 is 17.9 Å². The van der Waals surface area contributed by atoms with Crippen molar-refractivity contribution in [3.63, 3.8) is 0 Å². The molecule has 1 amide bonds. The average Bonchev–Trinajstić information content (AvgIpc) is 2.44. The molecule has 0 aromatic carbocycles. The first-order valence-electron chi connectivity index (χ1n) is 8.46. The summed E-state index contributed by atoms with van der Waals surface area (Å²) in [6.07, 6.45) is 2.55. The van der Waals surface area contributed by atoms with Crippen LogP contribution < -0.4 is 10.6 Å². The lowest BCUT2D eigenvalue weighted by Crippen LogP contribution is -2.57. The Labute approximate surface area is 140 Å². The molecule has 1 heterocycles. The highest BCUT2D eigenvalue weighted by Crippen LogP contribution is 2.20. The fourth-order valence-corrected chi connectivity index (χ4v) is 4.27. The van der Waals surface area contributed by atoms with Gasteiger partial charge in [-0.2, -0.15) is 0 Å². The Hall–Kier alpha value is -0.820. The molecule has 0 bridgehead atoms. The number of alkyl carbamates (subject to hydrolysis) is 1. The summed E-state index contributed by atoms with van der Waals surface area (Å²) in [6.45, 7) is 10.1. The van der Waals surface area contributed by atoms with Crippen LogP contribution in [0.5, 0.6) is 0 Å². The summed E-state index contributed by atoms with van der Waals surface area (Å²) < 4.78 is 28.4. The first-order chi connectivity index (χ1) is 10.5. The molecule has 23 heavy (non-hydrogen) atoms. The number of rotatable bonds is 6. The fourth-order valence-electron chi connectivity index (χ4n) is 2.78. The predicted octanol–water partition coefficient (Wildman–Crippen LogP) is 2.24. The third-order valence-electron chi connectivity index (χ3n) is 4.39. The van der Waals surface area contributed by atoms with Crippen molar-refractivity contribution in [2.45, 2.75) is 77.5 Å². The number of ether oxygens (including phenoxy) is 1. The van der Waals surface area contributed by atoms with E-state index in [1.54, 1.807) is 0 Å². The first kappa shape index (κ1) is 20.2. The quantitative estimate of drug-likeness (QED) is 0.769. The van der Waals surface area contributed by atoms with E-state index in [0.717, 1.165) is 12.8 Å². The largest absolute Gasteiger partial charge is 0.444 e. The third-order valence-corrected chi connectivity index (χ3v) is 6.10.